The Balaban J connectivity index is 1.18. The zero-order valence-corrected chi connectivity index (χ0v) is 23.3. The Morgan fingerprint density at radius 1 is 1.00 bits per heavy atom. The molecule has 2 N–H and O–H groups in total. The van der Waals surface area contributed by atoms with Crippen molar-refractivity contribution >= 4 is 52.3 Å². The van der Waals surface area contributed by atoms with Gasteiger partial charge in [-0.1, -0.05) is 29.8 Å². The van der Waals surface area contributed by atoms with Crippen LogP contribution in [0, 0.1) is 0 Å². The number of piperazine rings is 1. The van der Waals surface area contributed by atoms with E-state index in [1.54, 1.807) is 23.2 Å². The van der Waals surface area contributed by atoms with Crippen molar-refractivity contribution < 1.29 is 14.3 Å². The number of benzene rings is 2. The number of rotatable bonds is 10. The third-order valence-corrected chi connectivity index (χ3v) is 6.56. The molecule has 13 heteroatoms. The summed E-state index contributed by atoms with van der Waals surface area (Å²) in [7, 11) is 0. The maximum atomic E-state index is 11.9. The lowest BCUT2D eigenvalue weighted by Gasteiger charge is -2.33. The molecule has 2 aromatic carbocycles. The van der Waals surface area contributed by atoms with Crippen LogP contribution in [0.3, 0.4) is 0 Å². The highest BCUT2D eigenvalue weighted by Crippen LogP contribution is 2.26. The van der Waals surface area contributed by atoms with E-state index in [1.165, 1.54) is 12.7 Å². The molecule has 2 aromatic heterocycles. The number of hydrazone groups is 1. The predicted molar refractivity (Wildman–Crippen MR) is 158 cm³/mol. The summed E-state index contributed by atoms with van der Waals surface area (Å²) in [5.41, 5.74) is 5.62. The second kappa shape index (κ2) is 13.7. The van der Waals surface area contributed by atoms with Crippen LogP contribution in [0.1, 0.15) is 12.5 Å². The van der Waals surface area contributed by atoms with Crippen molar-refractivity contribution in [1.29, 1.82) is 0 Å². The molecule has 5 rings (SSSR count). The van der Waals surface area contributed by atoms with Crippen LogP contribution in [0.4, 0.5) is 22.1 Å². The van der Waals surface area contributed by atoms with E-state index in [4.69, 9.17) is 21.1 Å². The van der Waals surface area contributed by atoms with Crippen LogP contribution in [0.5, 0.6) is 5.75 Å². The van der Waals surface area contributed by atoms with Crippen LogP contribution in [0.25, 0.3) is 11.0 Å². The smallest absolute Gasteiger partial charge is 0.409 e. The van der Waals surface area contributed by atoms with Crippen molar-refractivity contribution in [2.24, 2.45) is 5.10 Å². The van der Waals surface area contributed by atoms with Crippen LogP contribution in [0.15, 0.2) is 66.3 Å². The molecule has 0 atom stereocenters. The molecule has 0 spiro atoms. The summed E-state index contributed by atoms with van der Waals surface area (Å²) in [4.78, 5) is 33.3. The second-order valence-electron chi connectivity index (χ2n) is 9.10. The number of hydrogen-bond acceptors (Lipinski definition) is 11. The van der Waals surface area contributed by atoms with Crippen LogP contribution < -0.4 is 15.5 Å². The Hall–Kier alpha value is -4.55. The van der Waals surface area contributed by atoms with E-state index < -0.39 is 0 Å². The van der Waals surface area contributed by atoms with Gasteiger partial charge in [-0.15, -0.1) is 0 Å². The van der Waals surface area contributed by atoms with Gasteiger partial charge in [-0.25, -0.2) is 24.7 Å². The minimum atomic E-state index is -0.245. The fourth-order valence-corrected chi connectivity index (χ4v) is 4.47. The number of ether oxygens (including phenoxy) is 2. The molecule has 0 saturated carbocycles. The summed E-state index contributed by atoms with van der Waals surface area (Å²) < 4.78 is 11.1. The number of halogens is 1. The average Bonchev–Trinajstić information content (AvgIpc) is 2.98. The number of nitrogens with zero attached hydrogens (tertiary/aromatic N) is 7. The summed E-state index contributed by atoms with van der Waals surface area (Å²) >= 11 is 6.04. The van der Waals surface area contributed by atoms with E-state index in [0.717, 1.165) is 36.6 Å². The topological polar surface area (TPSA) is 130 Å². The molecular formula is C28H30ClN9O3. The van der Waals surface area contributed by atoms with Crippen molar-refractivity contribution in [2.75, 3.05) is 56.7 Å². The predicted octanol–water partition coefficient (Wildman–Crippen LogP) is 4.42. The molecule has 1 amide bonds. The summed E-state index contributed by atoms with van der Waals surface area (Å²) in [5.74, 6) is 1.70. The highest BCUT2D eigenvalue weighted by Gasteiger charge is 2.21. The first-order valence-corrected chi connectivity index (χ1v) is 13.6. The van der Waals surface area contributed by atoms with Gasteiger partial charge in [0, 0.05) is 49.5 Å². The molecule has 12 nitrogen and oxygen atoms in total. The van der Waals surface area contributed by atoms with Crippen molar-refractivity contribution in [3.8, 4) is 5.75 Å². The molecule has 1 fully saturated rings. The van der Waals surface area contributed by atoms with E-state index in [-0.39, 0.29) is 6.09 Å². The molecule has 1 saturated heterocycles. The Labute approximate surface area is 242 Å². The summed E-state index contributed by atoms with van der Waals surface area (Å²) in [6.45, 7) is 6.37. The average molecular weight is 576 g/mol. The lowest BCUT2D eigenvalue weighted by molar-refractivity contribution is 0.0757. The third kappa shape index (κ3) is 7.56. The Bertz CT molecular complexity index is 1510. The van der Waals surface area contributed by atoms with Gasteiger partial charge in [-0.3, -0.25) is 10.3 Å². The maximum absolute atomic E-state index is 11.9. The van der Waals surface area contributed by atoms with Gasteiger partial charge in [0.05, 0.1) is 12.8 Å². The lowest BCUT2D eigenvalue weighted by atomic mass is 10.2. The van der Waals surface area contributed by atoms with E-state index in [1.807, 2.05) is 43.3 Å². The first-order valence-electron chi connectivity index (χ1n) is 13.2. The molecule has 3 heterocycles. The Kier molecular flexibility index (Phi) is 9.34. The molecule has 41 heavy (non-hydrogen) atoms. The highest BCUT2D eigenvalue weighted by atomic mass is 35.5. The number of nitrogens with one attached hydrogen (secondary N) is 2. The van der Waals surface area contributed by atoms with E-state index in [9.17, 15) is 4.79 Å². The fraction of sp³-hybridized carbons (Fsp3) is 0.286. The zero-order valence-electron chi connectivity index (χ0n) is 22.5. The molecule has 1 aliphatic heterocycles. The molecule has 0 unspecified atom stereocenters. The van der Waals surface area contributed by atoms with Crippen LogP contribution in [-0.4, -0.2) is 88.0 Å². The van der Waals surface area contributed by atoms with Crippen molar-refractivity contribution in [2.45, 2.75) is 6.92 Å². The summed E-state index contributed by atoms with van der Waals surface area (Å²) in [5, 5.41) is 8.20. The van der Waals surface area contributed by atoms with Gasteiger partial charge in [0.1, 0.15) is 36.0 Å². The van der Waals surface area contributed by atoms with Crippen molar-refractivity contribution in [3.05, 3.63) is 71.8 Å². The number of fused-ring (bicyclic) bond motifs is 1. The summed E-state index contributed by atoms with van der Waals surface area (Å²) in [6, 6.07) is 15.0. The molecule has 212 valence electrons. The normalized spacial score (nSPS) is 13.9. The number of carbonyl (C=O) groups excluding carboxylic acids is 1. The van der Waals surface area contributed by atoms with Gasteiger partial charge < -0.3 is 19.7 Å². The highest BCUT2D eigenvalue weighted by molar-refractivity contribution is 6.30. The standard InChI is InChI=1S/C28H30ClN9O3/c1-2-40-28(39)38-11-9-37(10-12-38)13-14-41-23-8-4-7-22(16-23)35-26-24-25(31-18-32-26)27(33-19-30-24)36-34-17-20-5-3-6-21(29)15-20/h3-8,15-19H,2,9-14H2,1H3,(H,30,33,36)(H,31,32,35)/b34-17+. The van der Waals surface area contributed by atoms with Gasteiger partial charge in [-0.2, -0.15) is 5.10 Å². The molecule has 1 aliphatic rings. The number of amides is 1. The monoisotopic (exact) mass is 575 g/mol. The van der Waals surface area contributed by atoms with Crippen LogP contribution in [0.2, 0.25) is 5.02 Å². The molecule has 4 aromatic rings. The van der Waals surface area contributed by atoms with Gasteiger partial charge in [0.15, 0.2) is 11.6 Å². The number of aromatic nitrogens is 4. The lowest BCUT2D eigenvalue weighted by Crippen LogP contribution is -2.49. The van der Waals surface area contributed by atoms with E-state index in [2.05, 4.69) is 40.7 Å². The zero-order chi connectivity index (χ0) is 28.4. The fourth-order valence-electron chi connectivity index (χ4n) is 4.27. The Morgan fingerprint density at radius 2 is 1.76 bits per heavy atom. The largest absolute Gasteiger partial charge is 0.492 e. The van der Waals surface area contributed by atoms with E-state index in [0.29, 0.717) is 54.0 Å². The summed E-state index contributed by atoms with van der Waals surface area (Å²) in [6.07, 6.45) is 4.28. The molecule has 0 bridgehead atoms. The first-order chi connectivity index (χ1) is 20.1. The van der Waals surface area contributed by atoms with Crippen LogP contribution >= 0.6 is 11.6 Å². The maximum Gasteiger partial charge on any atom is 0.409 e. The van der Waals surface area contributed by atoms with Gasteiger partial charge in [0.25, 0.3) is 0 Å². The SMILES string of the molecule is CCOC(=O)N1CCN(CCOc2cccc(Nc3ncnc4c(N/N=C/c5cccc(Cl)c5)ncnc34)c2)CC1. The minimum Gasteiger partial charge on any atom is -0.492 e. The number of hydrogen-bond donors (Lipinski definition) is 2. The molecular weight excluding hydrogens is 546 g/mol. The molecule has 0 aliphatic carbocycles. The number of anilines is 3. The second-order valence-corrected chi connectivity index (χ2v) is 9.53. The van der Waals surface area contributed by atoms with Crippen LogP contribution in [-0.2, 0) is 4.74 Å². The third-order valence-electron chi connectivity index (χ3n) is 6.32. The van der Waals surface area contributed by atoms with E-state index >= 15 is 0 Å². The van der Waals surface area contributed by atoms with Crippen molar-refractivity contribution in [1.82, 2.24) is 29.7 Å². The van der Waals surface area contributed by atoms with Gasteiger partial charge in [-0.05, 0) is 36.8 Å². The minimum absolute atomic E-state index is 0.245. The van der Waals surface area contributed by atoms with Crippen molar-refractivity contribution in [3.63, 3.8) is 0 Å². The quantitative estimate of drug-likeness (QED) is 0.207. The first kappa shape index (κ1) is 28.0. The Morgan fingerprint density at radius 3 is 2.54 bits per heavy atom. The molecule has 0 radical (unpaired) electrons. The van der Waals surface area contributed by atoms with Gasteiger partial charge in [0.2, 0.25) is 0 Å². The van der Waals surface area contributed by atoms with Gasteiger partial charge >= 0.3 is 6.09 Å². The number of carbonyl (C=O) groups is 1.